The van der Waals surface area contributed by atoms with Crippen molar-refractivity contribution < 1.29 is 5.11 Å². The molecule has 0 aromatic heterocycles. The quantitative estimate of drug-likeness (QED) is 0.812. The SMILES string of the molecule is O[C@@H]1CCC[C@H]1Nc1ccc(I)cc1Cl. The lowest BCUT2D eigenvalue weighted by atomic mass is 10.2. The van der Waals surface area contributed by atoms with E-state index in [1.807, 2.05) is 18.2 Å². The van der Waals surface area contributed by atoms with Crippen LogP contribution in [0, 0.1) is 3.57 Å². The zero-order valence-corrected chi connectivity index (χ0v) is 11.1. The summed E-state index contributed by atoms with van der Waals surface area (Å²) in [6, 6.07) is 6.05. The molecule has 0 heterocycles. The third kappa shape index (κ3) is 2.77. The molecule has 15 heavy (non-hydrogen) atoms. The smallest absolute Gasteiger partial charge is 0.0741 e. The molecule has 0 unspecified atom stereocenters. The first-order valence-corrected chi connectivity index (χ1v) is 6.52. The molecule has 1 saturated carbocycles. The van der Waals surface area contributed by atoms with Crippen LogP contribution in [-0.4, -0.2) is 17.3 Å². The second kappa shape index (κ2) is 4.89. The van der Waals surface area contributed by atoms with Gasteiger partial charge in [-0.3, -0.25) is 0 Å². The maximum absolute atomic E-state index is 9.69. The summed E-state index contributed by atoms with van der Waals surface area (Å²) in [4.78, 5) is 0. The summed E-state index contributed by atoms with van der Waals surface area (Å²) in [5, 5.41) is 13.7. The summed E-state index contributed by atoms with van der Waals surface area (Å²) in [6.45, 7) is 0. The summed E-state index contributed by atoms with van der Waals surface area (Å²) in [7, 11) is 0. The van der Waals surface area contributed by atoms with E-state index in [-0.39, 0.29) is 12.1 Å². The lowest BCUT2D eigenvalue weighted by Crippen LogP contribution is -2.27. The maximum atomic E-state index is 9.69. The lowest BCUT2D eigenvalue weighted by Gasteiger charge is -2.18. The maximum Gasteiger partial charge on any atom is 0.0741 e. The zero-order valence-electron chi connectivity index (χ0n) is 8.21. The molecule has 1 aromatic rings. The molecule has 1 aliphatic carbocycles. The van der Waals surface area contributed by atoms with Crippen LogP contribution in [0.4, 0.5) is 5.69 Å². The number of rotatable bonds is 2. The number of benzene rings is 1. The number of aliphatic hydroxyl groups is 1. The molecular formula is C11H13ClINO. The number of hydrogen-bond donors (Lipinski definition) is 2. The molecule has 82 valence electrons. The van der Waals surface area contributed by atoms with Crippen LogP contribution in [-0.2, 0) is 0 Å². The Hall–Kier alpha value is -0.0000000000000000555. The number of nitrogens with one attached hydrogen (secondary N) is 1. The van der Waals surface area contributed by atoms with Crippen LogP contribution >= 0.6 is 34.2 Å². The van der Waals surface area contributed by atoms with Crippen molar-refractivity contribution in [2.45, 2.75) is 31.4 Å². The van der Waals surface area contributed by atoms with Crippen molar-refractivity contribution in [2.24, 2.45) is 0 Å². The van der Waals surface area contributed by atoms with Gasteiger partial charge in [-0.2, -0.15) is 0 Å². The molecule has 0 saturated heterocycles. The first-order valence-electron chi connectivity index (χ1n) is 5.06. The molecule has 2 atom stereocenters. The van der Waals surface area contributed by atoms with E-state index in [9.17, 15) is 5.11 Å². The van der Waals surface area contributed by atoms with Gasteiger partial charge in [0.1, 0.15) is 0 Å². The Morgan fingerprint density at radius 1 is 1.40 bits per heavy atom. The predicted molar refractivity (Wildman–Crippen MR) is 71.4 cm³/mol. The topological polar surface area (TPSA) is 32.3 Å². The Bertz CT molecular complexity index is 358. The number of hydrogen-bond acceptors (Lipinski definition) is 2. The summed E-state index contributed by atoms with van der Waals surface area (Å²) < 4.78 is 1.12. The number of anilines is 1. The Morgan fingerprint density at radius 2 is 2.20 bits per heavy atom. The second-order valence-corrected chi connectivity index (χ2v) is 5.53. The van der Waals surface area contributed by atoms with Gasteiger partial charge in [0.2, 0.25) is 0 Å². The van der Waals surface area contributed by atoms with Gasteiger partial charge in [0.05, 0.1) is 22.9 Å². The minimum absolute atomic E-state index is 0.155. The average Bonchev–Trinajstić information content (AvgIpc) is 2.57. The minimum atomic E-state index is -0.236. The number of aliphatic hydroxyl groups excluding tert-OH is 1. The molecule has 1 aliphatic rings. The highest BCUT2D eigenvalue weighted by Gasteiger charge is 2.25. The normalized spacial score (nSPS) is 25.5. The zero-order chi connectivity index (χ0) is 10.8. The van der Waals surface area contributed by atoms with E-state index in [0.717, 1.165) is 33.5 Å². The van der Waals surface area contributed by atoms with Crippen LogP contribution < -0.4 is 5.32 Å². The average molecular weight is 338 g/mol. The number of halogens is 2. The standard InChI is InChI=1S/C11H13ClINO/c12-8-6-7(13)4-5-9(8)14-10-2-1-3-11(10)15/h4-6,10-11,14-15H,1-3H2/t10-,11-/m1/s1. The molecule has 4 heteroatoms. The highest BCUT2D eigenvalue weighted by molar-refractivity contribution is 14.1. The first-order chi connectivity index (χ1) is 7.16. The second-order valence-electron chi connectivity index (χ2n) is 3.87. The van der Waals surface area contributed by atoms with Gasteiger partial charge in [-0.1, -0.05) is 11.6 Å². The van der Waals surface area contributed by atoms with Gasteiger partial charge in [0.25, 0.3) is 0 Å². The van der Waals surface area contributed by atoms with Crippen molar-refractivity contribution in [3.8, 4) is 0 Å². The van der Waals surface area contributed by atoms with E-state index in [2.05, 4.69) is 27.9 Å². The Labute approximate surface area is 108 Å². The van der Waals surface area contributed by atoms with E-state index < -0.39 is 0 Å². The molecule has 2 N–H and O–H groups in total. The van der Waals surface area contributed by atoms with Gasteiger partial charge >= 0.3 is 0 Å². The van der Waals surface area contributed by atoms with Gasteiger partial charge in [0.15, 0.2) is 0 Å². The van der Waals surface area contributed by atoms with Crippen LogP contribution in [0.25, 0.3) is 0 Å². The molecule has 0 radical (unpaired) electrons. The Balaban J connectivity index is 2.10. The summed E-state index contributed by atoms with van der Waals surface area (Å²) in [5.41, 5.74) is 0.919. The molecular weight excluding hydrogens is 324 g/mol. The van der Waals surface area contributed by atoms with Crippen molar-refractivity contribution in [1.29, 1.82) is 0 Å². The molecule has 0 bridgehead atoms. The van der Waals surface area contributed by atoms with Gasteiger partial charge in [-0.25, -0.2) is 0 Å². The highest BCUT2D eigenvalue weighted by Crippen LogP contribution is 2.28. The van der Waals surface area contributed by atoms with Crippen molar-refractivity contribution in [1.82, 2.24) is 0 Å². The lowest BCUT2D eigenvalue weighted by molar-refractivity contribution is 0.172. The van der Waals surface area contributed by atoms with E-state index in [0.29, 0.717) is 0 Å². The van der Waals surface area contributed by atoms with Crippen molar-refractivity contribution in [3.63, 3.8) is 0 Å². The van der Waals surface area contributed by atoms with Gasteiger partial charge < -0.3 is 10.4 Å². The van der Waals surface area contributed by atoms with Gasteiger partial charge in [-0.05, 0) is 60.1 Å². The predicted octanol–water partition coefficient (Wildman–Crippen LogP) is 3.27. The fourth-order valence-corrected chi connectivity index (χ4v) is 2.83. The van der Waals surface area contributed by atoms with Crippen LogP contribution in [0.2, 0.25) is 5.02 Å². The molecule has 2 rings (SSSR count). The molecule has 1 aromatic carbocycles. The van der Waals surface area contributed by atoms with Crippen molar-refractivity contribution >= 4 is 39.9 Å². The van der Waals surface area contributed by atoms with Crippen molar-refractivity contribution in [2.75, 3.05) is 5.32 Å². The largest absolute Gasteiger partial charge is 0.391 e. The van der Waals surface area contributed by atoms with Crippen LogP contribution in [0.15, 0.2) is 18.2 Å². The molecule has 1 fully saturated rings. The van der Waals surface area contributed by atoms with Gasteiger partial charge in [0, 0.05) is 3.57 Å². The van der Waals surface area contributed by atoms with Gasteiger partial charge in [-0.15, -0.1) is 0 Å². The highest BCUT2D eigenvalue weighted by atomic mass is 127. The van der Waals surface area contributed by atoms with E-state index in [4.69, 9.17) is 11.6 Å². The monoisotopic (exact) mass is 337 g/mol. The molecule has 0 spiro atoms. The Kier molecular flexibility index (Phi) is 3.74. The van der Waals surface area contributed by atoms with E-state index in [1.54, 1.807) is 0 Å². The fourth-order valence-electron chi connectivity index (χ4n) is 1.92. The summed E-state index contributed by atoms with van der Waals surface area (Å²) in [6.07, 6.45) is 2.75. The molecule has 0 aliphatic heterocycles. The molecule has 2 nitrogen and oxygen atoms in total. The summed E-state index contributed by atoms with van der Waals surface area (Å²) in [5.74, 6) is 0. The van der Waals surface area contributed by atoms with E-state index in [1.165, 1.54) is 0 Å². The van der Waals surface area contributed by atoms with Crippen LogP contribution in [0.3, 0.4) is 0 Å². The van der Waals surface area contributed by atoms with Crippen LogP contribution in [0.1, 0.15) is 19.3 Å². The first kappa shape index (κ1) is 11.5. The summed E-state index contributed by atoms with van der Waals surface area (Å²) >= 11 is 8.34. The third-order valence-electron chi connectivity index (χ3n) is 2.75. The van der Waals surface area contributed by atoms with Crippen molar-refractivity contribution in [3.05, 3.63) is 26.8 Å². The molecule has 0 amide bonds. The van der Waals surface area contributed by atoms with Crippen LogP contribution in [0.5, 0.6) is 0 Å². The third-order valence-corrected chi connectivity index (χ3v) is 3.74. The van der Waals surface area contributed by atoms with E-state index >= 15 is 0 Å². The Morgan fingerprint density at radius 3 is 2.80 bits per heavy atom. The minimum Gasteiger partial charge on any atom is -0.391 e. The fraction of sp³-hybridized carbons (Fsp3) is 0.455.